The third-order valence-corrected chi connectivity index (χ3v) is 3.38. The molecule has 0 bridgehead atoms. The highest BCUT2D eigenvalue weighted by molar-refractivity contribution is 5.92. The molecule has 1 aromatic heterocycles. The molecule has 0 unspecified atom stereocenters. The van der Waals surface area contributed by atoms with Gasteiger partial charge in [-0.15, -0.1) is 0 Å². The zero-order chi connectivity index (χ0) is 18.6. The number of carbonyl (C=O) groups is 1. The summed E-state index contributed by atoms with van der Waals surface area (Å²) in [6, 6.07) is 5.14. The van der Waals surface area contributed by atoms with Crippen LogP contribution in [0.25, 0.3) is 0 Å². The number of anilines is 1. The van der Waals surface area contributed by atoms with Gasteiger partial charge in [0.2, 0.25) is 5.91 Å². The molecular formula is C14H15N5O6. The number of nitro benzene ring substituents is 1. The van der Waals surface area contributed by atoms with Crippen molar-refractivity contribution in [1.29, 1.82) is 0 Å². The molecule has 25 heavy (non-hydrogen) atoms. The minimum absolute atomic E-state index is 0.0137. The van der Waals surface area contributed by atoms with E-state index in [1.807, 2.05) is 0 Å². The molecule has 11 heteroatoms. The molecule has 0 aliphatic carbocycles. The van der Waals surface area contributed by atoms with Crippen LogP contribution >= 0.6 is 0 Å². The molecule has 1 N–H and O–H groups in total. The summed E-state index contributed by atoms with van der Waals surface area (Å²) < 4.78 is 6.40. The maximum Gasteiger partial charge on any atom is 0.390 e. The molecule has 1 amide bonds. The van der Waals surface area contributed by atoms with Crippen molar-refractivity contribution in [3.8, 4) is 5.75 Å². The highest BCUT2D eigenvalue weighted by Crippen LogP contribution is 2.29. The van der Waals surface area contributed by atoms with Crippen LogP contribution in [0.1, 0.15) is 12.1 Å². The number of aryl methyl sites for hydroxylation is 2. The third-order valence-electron chi connectivity index (χ3n) is 3.38. The average Bonchev–Trinajstić information content (AvgIpc) is 2.94. The van der Waals surface area contributed by atoms with Gasteiger partial charge < -0.3 is 20.2 Å². The Morgan fingerprint density at radius 3 is 2.56 bits per heavy atom. The fourth-order valence-electron chi connectivity index (χ4n) is 2.13. The van der Waals surface area contributed by atoms with E-state index in [2.05, 4.69) is 10.4 Å². The standard InChI is InChI=1S/C14H15N5O6/c1-9-7-13(19(23)24)16-17(9)6-5-14(20)15-11-4-3-10(18(21)22)8-12(11)25-2/h3-4,7-8H,5-6H2,1-2H3,(H,15,20). The number of rotatable bonds is 7. The van der Waals surface area contributed by atoms with E-state index < -0.39 is 9.85 Å². The van der Waals surface area contributed by atoms with E-state index in [9.17, 15) is 25.0 Å². The third kappa shape index (κ3) is 4.28. The number of nitrogens with zero attached hydrogens (tertiary/aromatic N) is 4. The number of nitrogens with one attached hydrogen (secondary N) is 1. The number of aromatic nitrogens is 2. The minimum Gasteiger partial charge on any atom is -0.494 e. The number of nitro groups is 2. The van der Waals surface area contributed by atoms with Gasteiger partial charge in [-0.05, 0) is 17.9 Å². The van der Waals surface area contributed by atoms with Gasteiger partial charge >= 0.3 is 5.82 Å². The second-order valence-corrected chi connectivity index (χ2v) is 5.06. The first-order chi connectivity index (χ1) is 11.8. The van der Waals surface area contributed by atoms with Gasteiger partial charge in [0.05, 0.1) is 47.2 Å². The molecule has 0 fully saturated rings. The smallest absolute Gasteiger partial charge is 0.390 e. The van der Waals surface area contributed by atoms with Crippen molar-refractivity contribution in [2.45, 2.75) is 19.9 Å². The van der Waals surface area contributed by atoms with E-state index in [1.54, 1.807) is 6.92 Å². The van der Waals surface area contributed by atoms with E-state index in [-0.39, 0.29) is 36.1 Å². The Labute approximate surface area is 141 Å². The molecular weight excluding hydrogens is 334 g/mol. The van der Waals surface area contributed by atoms with Crippen molar-refractivity contribution in [3.05, 3.63) is 50.2 Å². The normalized spacial score (nSPS) is 10.3. The predicted molar refractivity (Wildman–Crippen MR) is 86.5 cm³/mol. The molecule has 11 nitrogen and oxygen atoms in total. The van der Waals surface area contributed by atoms with Gasteiger partial charge in [0.1, 0.15) is 5.75 Å². The highest BCUT2D eigenvalue weighted by atomic mass is 16.6. The molecule has 0 saturated heterocycles. The second kappa shape index (κ2) is 7.38. The Morgan fingerprint density at radius 1 is 1.28 bits per heavy atom. The quantitative estimate of drug-likeness (QED) is 0.595. The molecule has 0 radical (unpaired) electrons. The van der Waals surface area contributed by atoms with Crippen molar-refractivity contribution in [3.63, 3.8) is 0 Å². The molecule has 2 rings (SSSR count). The largest absolute Gasteiger partial charge is 0.494 e. The van der Waals surface area contributed by atoms with Crippen molar-refractivity contribution in [2.75, 3.05) is 12.4 Å². The first kappa shape index (κ1) is 17.8. The van der Waals surface area contributed by atoms with Crippen molar-refractivity contribution in [1.82, 2.24) is 9.78 Å². The summed E-state index contributed by atoms with van der Waals surface area (Å²) in [6.07, 6.45) is 0.0137. The van der Waals surface area contributed by atoms with Gasteiger partial charge in [0.25, 0.3) is 5.69 Å². The number of carbonyl (C=O) groups excluding carboxylic acids is 1. The average molecular weight is 349 g/mol. The van der Waals surface area contributed by atoms with Crippen molar-refractivity contribution < 1.29 is 19.4 Å². The lowest BCUT2D eigenvalue weighted by Crippen LogP contribution is -2.16. The van der Waals surface area contributed by atoms with Crippen LogP contribution in [0.4, 0.5) is 17.2 Å². The molecule has 0 aliphatic heterocycles. The Balaban J connectivity index is 2.03. The second-order valence-electron chi connectivity index (χ2n) is 5.06. The Morgan fingerprint density at radius 2 is 2.00 bits per heavy atom. The van der Waals surface area contributed by atoms with E-state index in [4.69, 9.17) is 4.74 Å². The molecule has 1 aromatic carbocycles. The van der Waals surface area contributed by atoms with Gasteiger partial charge in [0, 0.05) is 12.5 Å². The monoisotopic (exact) mass is 349 g/mol. The summed E-state index contributed by atoms with van der Waals surface area (Å²) in [5, 5.41) is 27.8. The van der Waals surface area contributed by atoms with Crippen LogP contribution in [0.2, 0.25) is 0 Å². The Kier molecular flexibility index (Phi) is 5.27. The molecule has 1 heterocycles. The maximum absolute atomic E-state index is 12.0. The molecule has 132 valence electrons. The summed E-state index contributed by atoms with van der Waals surface area (Å²) >= 11 is 0. The Hall–Kier alpha value is -3.50. The zero-order valence-electron chi connectivity index (χ0n) is 13.5. The molecule has 2 aromatic rings. The van der Waals surface area contributed by atoms with Crippen molar-refractivity contribution in [2.24, 2.45) is 0 Å². The highest BCUT2D eigenvalue weighted by Gasteiger charge is 2.17. The van der Waals surface area contributed by atoms with Crippen molar-refractivity contribution >= 4 is 23.1 Å². The van der Waals surface area contributed by atoms with Crippen LogP contribution in [-0.2, 0) is 11.3 Å². The number of methoxy groups -OCH3 is 1. The van der Waals surface area contributed by atoms with Crippen LogP contribution in [0.15, 0.2) is 24.3 Å². The lowest BCUT2D eigenvalue weighted by Gasteiger charge is -2.09. The van der Waals surface area contributed by atoms with Crippen LogP contribution in [0, 0.1) is 27.2 Å². The van der Waals surface area contributed by atoms with Crippen LogP contribution in [0.5, 0.6) is 5.75 Å². The topological polar surface area (TPSA) is 142 Å². The lowest BCUT2D eigenvalue weighted by molar-refractivity contribution is -0.389. The maximum atomic E-state index is 12.0. The van der Waals surface area contributed by atoms with Gasteiger partial charge in [-0.2, -0.15) is 4.68 Å². The number of amides is 1. The first-order valence-corrected chi connectivity index (χ1v) is 7.13. The van der Waals surface area contributed by atoms with E-state index in [0.717, 1.165) is 0 Å². The predicted octanol–water partition coefficient (Wildman–Crippen LogP) is 2.05. The number of ether oxygens (including phenoxy) is 1. The fraction of sp³-hybridized carbons (Fsp3) is 0.286. The number of benzene rings is 1. The van der Waals surface area contributed by atoms with Crippen LogP contribution in [-0.4, -0.2) is 32.6 Å². The van der Waals surface area contributed by atoms with Crippen LogP contribution in [0.3, 0.4) is 0 Å². The van der Waals surface area contributed by atoms with E-state index >= 15 is 0 Å². The minimum atomic E-state index is -0.606. The number of hydrogen-bond acceptors (Lipinski definition) is 7. The lowest BCUT2D eigenvalue weighted by atomic mass is 10.2. The zero-order valence-corrected chi connectivity index (χ0v) is 13.5. The van der Waals surface area contributed by atoms with Crippen LogP contribution < -0.4 is 10.1 Å². The summed E-state index contributed by atoms with van der Waals surface area (Å²) in [7, 11) is 1.33. The SMILES string of the molecule is COc1cc([N+](=O)[O-])ccc1NC(=O)CCn1nc([N+](=O)[O-])cc1C. The van der Waals surface area contributed by atoms with E-state index in [1.165, 1.54) is 36.1 Å². The van der Waals surface area contributed by atoms with E-state index in [0.29, 0.717) is 11.4 Å². The summed E-state index contributed by atoms with van der Waals surface area (Å²) in [4.78, 5) is 32.3. The first-order valence-electron chi connectivity index (χ1n) is 7.13. The molecule has 0 aliphatic rings. The van der Waals surface area contributed by atoms with Gasteiger partial charge in [0.15, 0.2) is 0 Å². The fourth-order valence-corrected chi connectivity index (χ4v) is 2.13. The summed E-state index contributed by atoms with van der Waals surface area (Å²) in [6.45, 7) is 1.80. The van der Waals surface area contributed by atoms with Gasteiger partial charge in [-0.1, -0.05) is 0 Å². The summed E-state index contributed by atoms with van der Waals surface area (Å²) in [5.74, 6) is -0.506. The number of non-ortho nitro benzene ring substituents is 1. The molecule has 0 spiro atoms. The van der Waals surface area contributed by atoms with Gasteiger partial charge in [-0.25, -0.2) is 0 Å². The molecule has 0 atom stereocenters. The Bertz CT molecular complexity index is 831. The number of hydrogen-bond donors (Lipinski definition) is 1. The van der Waals surface area contributed by atoms with Gasteiger partial charge in [-0.3, -0.25) is 14.9 Å². The molecule has 0 saturated carbocycles. The summed E-state index contributed by atoms with van der Waals surface area (Å²) in [5.41, 5.74) is 0.697.